The Bertz CT molecular complexity index is 1710. The molecule has 0 radical (unpaired) electrons. The van der Waals surface area contributed by atoms with E-state index in [-0.39, 0.29) is 11.8 Å². The van der Waals surface area contributed by atoms with E-state index in [1.807, 2.05) is 48.5 Å². The van der Waals surface area contributed by atoms with Gasteiger partial charge in [-0.2, -0.15) is 0 Å². The number of nitrogens with zero attached hydrogens (tertiary/aromatic N) is 3. The normalized spacial score (nSPS) is 20.1. The summed E-state index contributed by atoms with van der Waals surface area (Å²) in [5.41, 5.74) is 4.69. The van der Waals surface area contributed by atoms with E-state index in [9.17, 15) is 14.4 Å². The highest BCUT2D eigenvalue weighted by Crippen LogP contribution is 2.45. The highest BCUT2D eigenvalue weighted by molar-refractivity contribution is 6.22. The van der Waals surface area contributed by atoms with E-state index in [0.717, 1.165) is 67.0 Å². The fourth-order valence-corrected chi connectivity index (χ4v) is 6.66. The standard InChI is InChI=1S/C34H35N5O5/c1-43-25-7-4-6-23(20-25)31-30-27(26-8-2-3-9-28(26)36-30)21-29-33(41)38(34(42)39(29)31)24-12-10-22(11-13-24)32(40)35-14-5-15-37-16-18-44-19-17-37/h2-4,6-13,20,29,31,36H,5,14-19,21H2,1H3,(H,35,40)/t29-,31?/m0/s1. The van der Waals surface area contributed by atoms with Crippen molar-refractivity contribution in [3.63, 3.8) is 0 Å². The van der Waals surface area contributed by atoms with E-state index in [1.165, 1.54) is 4.90 Å². The molecule has 0 saturated carbocycles. The van der Waals surface area contributed by atoms with Crippen molar-refractivity contribution in [1.82, 2.24) is 20.1 Å². The number of carbonyl (C=O) groups is 3. The van der Waals surface area contributed by atoms with Crippen LogP contribution in [0.3, 0.4) is 0 Å². The highest BCUT2D eigenvalue weighted by Gasteiger charge is 2.53. The lowest BCUT2D eigenvalue weighted by atomic mass is 9.89. The number of anilines is 1. The molecule has 4 aromatic rings. The Morgan fingerprint density at radius 1 is 1.02 bits per heavy atom. The van der Waals surface area contributed by atoms with Crippen molar-refractivity contribution in [1.29, 1.82) is 0 Å². The molecular weight excluding hydrogens is 558 g/mol. The van der Waals surface area contributed by atoms with Crippen molar-refractivity contribution in [2.45, 2.75) is 24.9 Å². The lowest BCUT2D eigenvalue weighted by molar-refractivity contribution is -0.120. The van der Waals surface area contributed by atoms with Crippen LogP contribution in [0.25, 0.3) is 10.9 Å². The van der Waals surface area contributed by atoms with Crippen LogP contribution in [0.4, 0.5) is 10.5 Å². The minimum atomic E-state index is -0.667. The lowest BCUT2D eigenvalue weighted by Gasteiger charge is -2.36. The van der Waals surface area contributed by atoms with E-state index < -0.39 is 18.1 Å². The molecule has 2 atom stereocenters. The predicted molar refractivity (Wildman–Crippen MR) is 166 cm³/mol. The average Bonchev–Trinajstić information content (AvgIpc) is 3.56. The zero-order valence-corrected chi connectivity index (χ0v) is 24.6. The first-order valence-electron chi connectivity index (χ1n) is 15.1. The Labute approximate surface area is 255 Å². The molecule has 0 spiro atoms. The van der Waals surface area contributed by atoms with Crippen LogP contribution in [0.15, 0.2) is 72.8 Å². The second kappa shape index (κ2) is 11.8. The number of nitrogens with one attached hydrogen (secondary N) is 2. The van der Waals surface area contributed by atoms with Gasteiger partial charge in [0.1, 0.15) is 17.8 Å². The third-order valence-corrected chi connectivity index (χ3v) is 8.89. The smallest absolute Gasteiger partial charge is 0.332 e. The largest absolute Gasteiger partial charge is 0.497 e. The van der Waals surface area contributed by atoms with Crippen LogP contribution in [0.1, 0.15) is 39.6 Å². The molecule has 7 rings (SSSR count). The molecule has 2 saturated heterocycles. The second-order valence-corrected chi connectivity index (χ2v) is 11.4. The van der Waals surface area contributed by atoms with Gasteiger partial charge in [-0.05, 0) is 66.6 Å². The first kappa shape index (κ1) is 28.1. The number of imide groups is 1. The Morgan fingerprint density at radius 3 is 2.61 bits per heavy atom. The van der Waals surface area contributed by atoms with Gasteiger partial charge in [0.05, 0.1) is 26.0 Å². The molecule has 1 aromatic heterocycles. The number of urea groups is 1. The number of para-hydroxylation sites is 1. The van der Waals surface area contributed by atoms with Gasteiger partial charge in [-0.1, -0.05) is 30.3 Å². The molecule has 0 aliphatic carbocycles. The van der Waals surface area contributed by atoms with Gasteiger partial charge < -0.3 is 19.8 Å². The van der Waals surface area contributed by atoms with Gasteiger partial charge >= 0.3 is 6.03 Å². The third kappa shape index (κ3) is 4.99. The summed E-state index contributed by atoms with van der Waals surface area (Å²) in [6.45, 7) is 4.83. The van der Waals surface area contributed by atoms with Crippen molar-refractivity contribution in [2.75, 3.05) is 51.4 Å². The molecule has 10 nitrogen and oxygen atoms in total. The Kier molecular flexibility index (Phi) is 7.53. The zero-order chi connectivity index (χ0) is 30.2. The Morgan fingerprint density at radius 2 is 1.82 bits per heavy atom. The van der Waals surface area contributed by atoms with Gasteiger partial charge in [-0.25, -0.2) is 9.69 Å². The van der Waals surface area contributed by atoms with Gasteiger partial charge in [0, 0.05) is 48.2 Å². The van der Waals surface area contributed by atoms with Gasteiger partial charge in [0.2, 0.25) is 0 Å². The number of aromatic nitrogens is 1. The van der Waals surface area contributed by atoms with Crippen LogP contribution in [0, 0.1) is 0 Å². The number of carbonyl (C=O) groups excluding carboxylic acids is 3. The molecule has 44 heavy (non-hydrogen) atoms. The molecule has 10 heteroatoms. The number of benzene rings is 3. The zero-order valence-electron chi connectivity index (χ0n) is 24.6. The van der Waals surface area contributed by atoms with Crippen molar-refractivity contribution >= 4 is 34.4 Å². The molecule has 0 bridgehead atoms. The molecule has 226 valence electrons. The van der Waals surface area contributed by atoms with Crippen LogP contribution >= 0.6 is 0 Å². The summed E-state index contributed by atoms with van der Waals surface area (Å²) in [5, 5.41) is 4.02. The summed E-state index contributed by atoms with van der Waals surface area (Å²) in [6.07, 6.45) is 1.26. The summed E-state index contributed by atoms with van der Waals surface area (Å²) in [7, 11) is 1.61. The van der Waals surface area contributed by atoms with E-state index >= 15 is 0 Å². The number of morpholine rings is 1. The third-order valence-electron chi connectivity index (χ3n) is 8.89. The molecule has 3 aromatic carbocycles. The molecule has 2 N–H and O–H groups in total. The Balaban J connectivity index is 1.12. The van der Waals surface area contributed by atoms with Crippen LogP contribution in [0.2, 0.25) is 0 Å². The van der Waals surface area contributed by atoms with Gasteiger partial charge in [0.25, 0.3) is 11.8 Å². The van der Waals surface area contributed by atoms with E-state index in [2.05, 4.69) is 15.2 Å². The Hall–Kier alpha value is -4.67. The monoisotopic (exact) mass is 593 g/mol. The minimum Gasteiger partial charge on any atom is -0.497 e. The summed E-state index contributed by atoms with van der Waals surface area (Å²) in [5.74, 6) is 0.213. The van der Waals surface area contributed by atoms with Gasteiger partial charge in [0.15, 0.2) is 0 Å². The fraction of sp³-hybridized carbons (Fsp3) is 0.324. The number of hydrogen-bond donors (Lipinski definition) is 2. The summed E-state index contributed by atoms with van der Waals surface area (Å²) in [4.78, 5) is 49.7. The maximum Gasteiger partial charge on any atom is 0.332 e. The van der Waals surface area contributed by atoms with E-state index in [0.29, 0.717) is 30.0 Å². The maximum atomic E-state index is 14.1. The van der Waals surface area contributed by atoms with Crippen molar-refractivity contribution in [2.24, 2.45) is 0 Å². The van der Waals surface area contributed by atoms with Crippen molar-refractivity contribution in [3.8, 4) is 5.75 Å². The molecule has 4 heterocycles. The summed E-state index contributed by atoms with van der Waals surface area (Å²) >= 11 is 0. The summed E-state index contributed by atoms with van der Waals surface area (Å²) in [6, 6.07) is 20.8. The molecule has 1 unspecified atom stereocenters. The first-order valence-corrected chi connectivity index (χ1v) is 15.1. The number of hydrogen-bond acceptors (Lipinski definition) is 6. The quantitative estimate of drug-likeness (QED) is 0.235. The van der Waals surface area contributed by atoms with Crippen LogP contribution in [0.5, 0.6) is 5.75 Å². The molecule has 3 aliphatic heterocycles. The number of ether oxygens (including phenoxy) is 2. The lowest BCUT2D eigenvalue weighted by Crippen LogP contribution is -2.44. The minimum absolute atomic E-state index is 0.182. The number of methoxy groups -OCH3 is 1. The average molecular weight is 594 g/mol. The van der Waals surface area contributed by atoms with Crippen LogP contribution < -0.4 is 15.0 Å². The number of aromatic amines is 1. The maximum absolute atomic E-state index is 14.1. The molecular formula is C34H35N5O5. The van der Waals surface area contributed by atoms with Crippen molar-refractivity contribution < 1.29 is 23.9 Å². The number of H-pyrrole nitrogens is 1. The topological polar surface area (TPSA) is 107 Å². The summed E-state index contributed by atoms with van der Waals surface area (Å²) < 4.78 is 10.9. The van der Waals surface area contributed by atoms with Crippen LogP contribution in [-0.4, -0.2) is 85.2 Å². The number of amides is 4. The van der Waals surface area contributed by atoms with Gasteiger partial charge in [-0.15, -0.1) is 0 Å². The highest BCUT2D eigenvalue weighted by atomic mass is 16.5. The van der Waals surface area contributed by atoms with Crippen molar-refractivity contribution in [3.05, 3.63) is 95.2 Å². The van der Waals surface area contributed by atoms with Crippen LogP contribution in [-0.2, 0) is 16.0 Å². The van der Waals surface area contributed by atoms with E-state index in [4.69, 9.17) is 9.47 Å². The molecule has 3 aliphatic rings. The molecule has 2 fully saturated rings. The number of fused-ring (bicyclic) bond motifs is 4. The van der Waals surface area contributed by atoms with E-state index in [1.54, 1.807) is 36.3 Å². The predicted octanol–water partition coefficient (Wildman–Crippen LogP) is 4.11. The second-order valence-electron chi connectivity index (χ2n) is 11.4. The fourth-order valence-electron chi connectivity index (χ4n) is 6.66. The SMILES string of the molecule is COc1cccc(C2c3[nH]c4ccccc4c3C[C@H]3C(=O)N(c4ccc(C(=O)NCCCN5CCOCC5)cc4)C(=O)N23)c1. The van der Waals surface area contributed by atoms with Gasteiger partial charge in [-0.3, -0.25) is 19.4 Å². The number of rotatable bonds is 8. The first-order chi connectivity index (χ1) is 21.5. The molecule has 4 amide bonds.